The molecule has 6 heteroatoms. The van der Waals surface area contributed by atoms with Gasteiger partial charge < -0.3 is 14.6 Å². The number of β-amino-alcohol motifs (C(OH)–C–C–N with tert-alkyl or cyclic N) is 1. The maximum atomic E-state index is 12.2. The molecule has 1 aliphatic heterocycles. The van der Waals surface area contributed by atoms with Gasteiger partial charge in [-0.1, -0.05) is 6.08 Å². The number of carbonyl (C=O) groups excluding carboxylic acids is 1. The Morgan fingerprint density at radius 3 is 2.60 bits per heavy atom. The standard InChI is InChI=1S/C14H23NO4S/c1-6-7-9-10(16)8-15(11(9)12(20)18-5)13(17)19-14(2,3)4/h6,9-11,16H,1,7-8H2,2-5H3/t9-,10-,11+/m1/s1. The lowest BCUT2D eigenvalue weighted by Crippen LogP contribution is -2.45. The van der Waals surface area contributed by atoms with Crippen molar-refractivity contribution in [1.29, 1.82) is 0 Å². The Balaban J connectivity index is 2.96. The summed E-state index contributed by atoms with van der Waals surface area (Å²) in [5.41, 5.74) is -0.599. The molecule has 1 rings (SSSR count). The van der Waals surface area contributed by atoms with Gasteiger partial charge in [0.15, 0.2) is 5.05 Å². The van der Waals surface area contributed by atoms with Crippen LogP contribution in [0, 0.1) is 5.92 Å². The molecular weight excluding hydrogens is 278 g/mol. The number of aliphatic hydroxyl groups is 1. The van der Waals surface area contributed by atoms with Crippen molar-refractivity contribution in [3.8, 4) is 0 Å². The fraction of sp³-hybridized carbons (Fsp3) is 0.714. The molecule has 1 amide bonds. The number of ether oxygens (including phenoxy) is 2. The summed E-state index contributed by atoms with van der Waals surface area (Å²) in [5.74, 6) is -0.215. The van der Waals surface area contributed by atoms with Crippen molar-refractivity contribution in [1.82, 2.24) is 4.90 Å². The molecule has 0 radical (unpaired) electrons. The van der Waals surface area contributed by atoms with Crippen LogP contribution in [0.4, 0.5) is 4.79 Å². The van der Waals surface area contributed by atoms with Gasteiger partial charge in [-0.3, -0.25) is 4.90 Å². The molecule has 114 valence electrons. The van der Waals surface area contributed by atoms with E-state index in [9.17, 15) is 9.90 Å². The van der Waals surface area contributed by atoms with E-state index in [1.807, 2.05) is 0 Å². The number of thiocarbonyl (C=S) groups is 1. The van der Waals surface area contributed by atoms with Crippen molar-refractivity contribution in [3.05, 3.63) is 12.7 Å². The number of rotatable bonds is 3. The molecule has 20 heavy (non-hydrogen) atoms. The second-order valence-electron chi connectivity index (χ2n) is 5.86. The first-order valence-corrected chi connectivity index (χ1v) is 6.98. The van der Waals surface area contributed by atoms with Crippen LogP contribution in [0.5, 0.6) is 0 Å². The summed E-state index contributed by atoms with van der Waals surface area (Å²) in [6.45, 7) is 9.24. The van der Waals surface area contributed by atoms with Crippen LogP contribution in [-0.2, 0) is 9.47 Å². The molecule has 0 aromatic heterocycles. The Hall–Kier alpha value is -1.14. The Kier molecular flexibility index (Phi) is 5.53. The minimum absolute atomic E-state index is 0.182. The Morgan fingerprint density at radius 1 is 1.55 bits per heavy atom. The van der Waals surface area contributed by atoms with Crippen LogP contribution < -0.4 is 0 Å². The quantitative estimate of drug-likeness (QED) is 0.639. The molecule has 0 aromatic rings. The fourth-order valence-electron chi connectivity index (χ4n) is 2.30. The van der Waals surface area contributed by atoms with Gasteiger partial charge >= 0.3 is 6.09 Å². The number of carbonyl (C=O) groups is 1. The van der Waals surface area contributed by atoms with Crippen molar-refractivity contribution < 1.29 is 19.4 Å². The smallest absolute Gasteiger partial charge is 0.411 e. The number of aliphatic hydroxyl groups excluding tert-OH is 1. The number of hydrogen-bond acceptors (Lipinski definition) is 5. The molecule has 5 nitrogen and oxygen atoms in total. The van der Waals surface area contributed by atoms with Gasteiger partial charge in [0.25, 0.3) is 0 Å². The normalized spacial score (nSPS) is 26.2. The summed E-state index contributed by atoms with van der Waals surface area (Å²) in [5, 5.41) is 10.4. The first kappa shape index (κ1) is 16.9. The van der Waals surface area contributed by atoms with Crippen molar-refractivity contribution >= 4 is 23.4 Å². The average molecular weight is 301 g/mol. The van der Waals surface area contributed by atoms with E-state index in [1.54, 1.807) is 26.8 Å². The number of amides is 1. The monoisotopic (exact) mass is 301 g/mol. The summed E-state index contributed by atoms with van der Waals surface area (Å²) >= 11 is 5.18. The van der Waals surface area contributed by atoms with Crippen molar-refractivity contribution in [3.63, 3.8) is 0 Å². The highest BCUT2D eigenvalue weighted by Gasteiger charge is 2.46. The lowest BCUT2D eigenvalue weighted by molar-refractivity contribution is 0.0233. The Labute approximate surface area is 125 Å². The van der Waals surface area contributed by atoms with E-state index in [2.05, 4.69) is 6.58 Å². The van der Waals surface area contributed by atoms with Gasteiger partial charge in [0.1, 0.15) is 11.6 Å². The number of nitrogens with zero attached hydrogens (tertiary/aromatic N) is 1. The fourth-order valence-corrected chi connectivity index (χ4v) is 2.60. The molecule has 0 saturated carbocycles. The van der Waals surface area contributed by atoms with Gasteiger partial charge in [0, 0.05) is 5.92 Å². The molecule has 1 saturated heterocycles. The van der Waals surface area contributed by atoms with E-state index in [-0.39, 0.29) is 17.5 Å². The van der Waals surface area contributed by atoms with E-state index >= 15 is 0 Å². The molecule has 1 N–H and O–H groups in total. The molecule has 1 heterocycles. The first-order chi connectivity index (χ1) is 9.21. The lowest BCUT2D eigenvalue weighted by atomic mass is 9.95. The van der Waals surface area contributed by atoms with Crippen LogP contribution in [0.3, 0.4) is 0 Å². The van der Waals surface area contributed by atoms with Gasteiger partial charge in [-0.25, -0.2) is 4.79 Å². The van der Waals surface area contributed by atoms with Gasteiger partial charge in [-0.2, -0.15) is 0 Å². The van der Waals surface area contributed by atoms with E-state index in [0.717, 1.165) is 0 Å². The number of methoxy groups -OCH3 is 1. The third-order valence-electron chi connectivity index (χ3n) is 3.13. The molecule has 0 aliphatic carbocycles. The van der Waals surface area contributed by atoms with Crippen LogP contribution in [0.15, 0.2) is 12.7 Å². The van der Waals surface area contributed by atoms with Crippen LogP contribution in [0.25, 0.3) is 0 Å². The van der Waals surface area contributed by atoms with E-state index in [0.29, 0.717) is 6.42 Å². The van der Waals surface area contributed by atoms with E-state index in [1.165, 1.54) is 12.0 Å². The summed E-state index contributed by atoms with van der Waals surface area (Å²) in [6.07, 6.45) is 1.10. The Bertz CT molecular complexity index is 391. The van der Waals surface area contributed by atoms with Crippen LogP contribution >= 0.6 is 12.2 Å². The maximum absolute atomic E-state index is 12.2. The maximum Gasteiger partial charge on any atom is 0.411 e. The zero-order valence-corrected chi connectivity index (χ0v) is 13.3. The molecule has 0 aromatic carbocycles. The third kappa shape index (κ3) is 3.93. The van der Waals surface area contributed by atoms with Gasteiger partial charge in [-0.15, -0.1) is 6.58 Å². The summed E-state index contributed by atoms with van der Waals surface area (Å²) < 4.78 is 10.5. The molecule has 0 spiro atoms. The van der Waals surface area contributed by atoms with Gasteiger partial charge in [0.05, 0.1) is 19.8 Å². The Morgan fingerprint density at radius 2 is 2.15 bits per heavy atom. The van der Waals surface area contributed by atoms with Crippen LogP contribution in [-0.4, -0.2) is 52.6 Å². The highest BCUT2D eigenvalue weighted by atomic mass is 32.1. The van der Waals surface area contributed by atoms with Crippen LogP contribution in [0.2, 0.25) is 0 Å². The molecule has 0 bridgehead atoms. The molecule has 1 aliphatic rings. The summed E-state index contributed by atoms with van der Waals surface area (Å²) in [7, 11) is 1.46. The van der Waals surface area contributed by atoms with E-state index in [4.69, 9.17) is 21.7 Å². The number of likely N-dealkylation sites (tertiary alicyclic amines) is 1. The van der Waals surface area contributed by atoms with Crippen molar-refractivity contribution in [2.24, 2.45) is 5.92 Å². The number of allylic oxidation sites excluding steroid dienone is 1. The molecule has 3 atom stereocenters. The lowest BCUT2D eigenvalue weighted by Gasteiger charge is -2.29. The predicted molar refractivity (Wildman–Crippen MR) is 80.6 cm³/mol. The molecular formula is C14H23NO4S. The highest BCUT2D eigenvalue weighted by Crippen LogP contribution is 2.30. The van der Waals surface area contributed by atoms with Crippen molar-refractivity contribution in [2.45, 2.75) is 44.9 Å². The second-order valence-corrected chi connectivity index (χ2v) is 6.26. The van der Waals surface area contributed by atoms with E-state index < -0.39 is 23.8 Å². The van der Waals surface area contributed by atoms with Gasteiger partial charge in [-0.05, 0) is 39.4 Å². The minimum atomic E-state index is -0.668. The predicted octanol–water partition coefficient (Wildman–Crippen LogP) is 2.13. The first-order valence-electron chi connectivity index (χ1n) is 6.57. The molecule has 1 fully saturated rings. The van der Waals surface area contributed by atoms with Crippen molar-refractivity contribution in [2.75, 3.05) is 13.7 Å². The number of hydrogen-bond donors (Lipinski definition) is 1. The highest BCUT2D eigenvalue weighted by molar-refractivity contribution is 7.80. The molecule has 0 unspecified atom stereocenters. The average Bonchev–Trinajstić information content (AvgIpc) is 2.65. The van der Waals surface area contributed by atoms with Gasteiger partial charge in [0.2, 0.25) is 0 Å². The zero-order valence-electron chi connectivity index (χ0n) is 12.5. The third-order valence-corrected chi connectivity index (χ3v) is 3.54. The second kappa shape index (κ2) is 6.54. The minimum Gasteiger partial charge on any atom is -0.488 e. The largest absolute Gasteiger partial charge is 0.488 e. The zero-order chi connectivity index (χ0) is 15.5. The summed E-state index contributed by atoms with van der Waals surface area (Å²) in [4.78, 5) is 13.7. The SMILES string of the molecule is C=CC[C@@H]1[C@H](O)CN(C(=O)OC(C)(C)C)[C@@H]1C(=S)OC. The van der Waals surface area contributed by atoms with Crippen LogP contribution in [0.1, 0.15) is 27.2 Å². The summed E-state index contributed by atoms with van der Waals surface area (Å²) in [6, 6.07) is -0.474. The topological polar surface area (TPSA) is 59.0 Å².